The first-order valence-electron chi connectivity index (χ1n) is 9.40. The Kier molecular flexibility index (Phi) is 6.24. The number of nitrogens with zero attached hydrogens (tertiary/aromatic N) is 2. The van der Waals surface area contributed by atoms with Gasteiger partial charge in [-0.1, -0.05) is 24.1 Å². The van der Waals surface area contributed by atoms with Crippen LogP contribution >= 0.6 is 22.9 Å². The number of hydrogen-bond donors (Lipinski definition) is 0. The predicted molar refractivity (Wildman–Crippen MR) is 113 cm³/mol. The molecule has 0 bridgehead atoms. The molecule has 1 saturated heterocycles. The third-order valence-corrected chi connectivity index (χ3v) is 7.83. The molecule has 4 rings (SSSR count). The van der Waals surface area contributed by atoms with Gasteiger partial charge in [0.1, 0.15) is 18.6 Å². The summed E-state index contributed by atoms with van der Waals surface area (Å²) < 4.78 is 37.9. The summed E-state index contributed by atoms with van der Waals surface area (Å²) in [6.07, 6.45) is 4.08. The van der Waals surface area contributed by atoms with Gasteiger partial charge in [0, 0.05) is 13.1 Å². The maximum Gasteiger partial charge on any atom is 0.340 e. The number of piperidine rings is 1. The van der Waals surface area contributed by atoms with E-state index < -0.39 is 16.0 Å². The molecule has 10 heteroatoms. The van der Waals surface area contributed by atoms with Gasteiger partial charge in [-0.15, -0.1) is 11.3 Å². The Morgan fingerprint density at radius 3 is 2.77 bits per heavy atom. The maximum atomic E-state index is 12.9. The Bertz CT molecular complexity index is 1140. The Morgan fingerprint density at radius 2 is 2.03 bits per heavy atom. The molecule has 3 aromatic rings. The van der Waals surface area contributed by atoms with Gasteiger partial charge < -0.3 is 9.15 Å². The van der Waals surface area contributed by atoms with Crippen LogP contribution in [0.1, 0.15) is 35.3 Å². The summed E-state index contributed by atoms with van der Waals surface area (Å²) in [5, 5.41) is 2.03. The van der Waals surface area contributed by atoms with E-state index in [4.69, 9.17) is 20.8 Å². The zero-order chi connectivity index (χ0) is 21.1. The molecule has 1 aliphatic rings. The number of thiophene rings is 1. The first kappa shape index (κ1) is 21.0. The van der Waals surface area contributed by atoms with Crippen LogP contribution in [-0.4, -0.2) is 36.8 Å². The van der Waals surface area contributed by atoms with Crippen molar-refractivity contribution in [2.24, 2.45) is 0 Å². The zero-order valence-electron chi connectivity index (χ0n) is 15.9. The lowest BCUT2D eigenvalue weighted by molar-refractivity contribution is 0.0467. The van der Waals surface area contributed by atoms with E-state index in [9.17, 15) is 13.2 Å². The van der Waals surface area contributed by atoms with Crippen LogP contribution < -0.4 is 0 Å². The number of oxazole rings is 1. The third kappa shape index (κ3) is 4.44. The highest BCUT2D eigenvalue weighted by Crippen LogP contribution is 2.27. The summed E-state index contributed by atoms with van der Waals surface area (Å²) in [5.74, 6) is -0.278. The topological polar surface area (TPSA) is 89.7 Å². The van der Waals surface area contributed by atoms with Crippen LogP contribution in [-0.2, 0) is 21.4 Å². The van der Waals surface area contributed by atoms with E-state index in [1.807, 2.05) is 17.5 Å². The van der Waals surface area contributed by atoms with Crippen molar-refractivity contribution in [3.8, 4) is 10.8 Å². The highest BCUT2D eigenvalue weighted by molar-refractivity contribution is 7.89. The maximum absolute atomic E-state index is 12.9. The number of ether oxygens (including phenoxy) is 1. The lowest BCUT2D eigenvalue weighted by Gasteiger charge is -2.26. The summed E-state index contributed by atoms with van der Waals surface area (Å²) in [4.78, 5) is 17.7. The van der Waals surface area contributed by atoms with Crippen molar-refractivity contribution < 1.29 is 22.4 Å². The largest absolute Gasteiger partial charge is 0.455 e. The quantitative estimate of drug-likeness (QED) is 0.493. The molecular formula is C20H19ClN2O5S2. The minimum Gasteiger partial charge on any atom is -0.455 e. The molecule has 0 saturated carbocycles. The number of benzene rings is 1. The second-order valence-corrected chi connectivity index (χ2v) is 10.1. The number of aromatic nitrogens is 1. The molecule has 0 radical (unpaired) electrons. The minimum absolute atomic E-state index is 0.00303. The van der Waals surface area contributed by atoms with Crippen molar-refractivity contribution >= 4 is 38.9 Å². The van der Waals surface area contributed by atoms with Crippen molar-refractivity contribution in [2.45, 2.75) is 30.8 Å². The molecule has 158 valence electrons. The molecule has 7 nitrogen and oxygen atoms in total. The first-order chi connectivity index (χ1) is 14.4. The number of sulfonamides is 1. The highest BCUT2D eigenvalue weighted by Gasteiger charge is 2.27. The lowest BCUT2D eigenvalue weighted by Crippen LogP contribution is -2.35. The molecule has 0 amide bonds. The van der Waals surface area contributed by atoms with Crippen molar-refractivity contribution in [3.05, 3.63) is 58.3 Å². The summed E-state index contributed by atoms with van der Waals surface area (Å²) in [6.45, 7) is 0.833. The Hall–Kier alpha value is -2.20. The van der Waals surface area contributed by atoms with E-state index in [-0.39, 0.29) is 22.1 Å². The molecule has 0 spiro atoms. The molecule has 1 aromatic carbocycles. The molecule has 0 aliphatic carbocycles. The molecule has 2 aromatic heterocycles. The number of carbonyl (C=O) groups excluding carboxylic acids is 1. The van der Waals surface area contributed by atoms with Crippen LogP contribution in [0.15, 0.2) is 51.3 Å². The van der Waals surface area contributed by atoms with Crippen LogP contribution in [0.4, 0.5) is 0 Å². The van der Waals surface area contributed by atoms with Gasteiger partial charge in [-0.25, -0.2) is 18.2 Å². The van der Waals surface area contributed by atoms with E-state index in [1.165, 1.54) is 40.1 Å². The molecule has 0 N–H and O–H groups in total. The molecular weight excluding hydrogens is 448 g/mol. The SMILES string of the molecule is O=C(OCc1coc(-c2cccs2)n1)c1cc(S(=O)(=O)N2CCCCC2)ccc1Cl. The molecule has 1 fully saturated rings. The number of carbonyl (C=O) groups is 1. The molecule has 1 aliphatic heterocycles. The van der Waals surface area contributed by atoms with Crippen LogP contribution in [0.3, 0.4) is 0 Å². The van der Waals surface area contributed by atoms with E-state index in [2.05, 4.69) is 4.98 Å². The van der Waals surface area contributed by atoms with Crippen LogP contribution in [0, 0.1) is 0 Å². The van der Waals surface area contributed by atoms with E-state index in [0.29, 0.717) is 24.7 Å². The fourth-order valence-corrected chi connectivity index (χ4v) is 5.57. The third-order valence-electron chi connectivity index (χ3n) is 4.75. The fraction of sp³-hybridized carbons (Fsp3) is 0.300. The Balaban J connectivity index is 1.48. The standard InChI is InChI=1S/C20H19ClN2O5S2/c21-17-7-6-15(30(25,26)23-8-2-1-3-9-23)11-16(17)20(24)28-13-14-12-27-19(22-14)18-5-4-10-29-18/h4-7,10-12H,1-3,8-9,13H2. The summed E-state index contributed by atoms with van der Waals surface area (Å²) in [6, 6.07) is 7.85. The van der Waals surface area contributed by atoms with Crippen LogP contribution in [0.2, 0.25) is 5.02 Å². The van der Waals surface area contributed by atoms with Gasteiger partial charge in [0.2, 0.25) is 15.9 Å². The normalized spacial score (nSPS) is 15.2. The van der Waals surface area contributed by atoms with Crippen molar-refractivity contribution in [1.82, 2.24) is 9.29 Å². The summed E-state index contributed by atoms with van der Waals surface area (Å²) >= 11 is 7.62. The van der Waals surface area contributed by atoms with Gasteiger partial charge in [0.25, 0.3) is 0 Å². The van der Waals surface area contributed by atoms with E-state index in [0.717, 1.165) is 24.1 Å². The summed E-state index contributed by atoms with van der Waals surface area (Å²) in [5.41, 5.74) is 0.441. The average molecular weight is 467 g/mol. The molecule has 0 atom stereocenters. The number of esters is 1. The fourth-order valence-electron chi connectivity index (χ4n) is 3.18. The number of rotatable bonds is 6. The van der Waals surface area contributed by atoms with E-state index >= 15 is 0 Å². The van der Waals surface area contributed by atoms with Crippen molar-refractivity contribution in [1.29, 1.82) is 0 Å². The predicted octanol–water partition coefficient (Wildman–Crippen LogP) is 4.59. The van der Waals surface area contributed by atoms with Gasteiger partial charge in [0.15, 0.2) is 0 Å². The van der Waals surface area contributed by atoms with Gasteiger partial charge in [-0.05, 0) is 42.5 Å². The number of halogens is 1. The molecule has 30 heavy (non-hydrogen) atoms. The highest BCUT2D eigenvalue weighted by atomic mass is 35.5. The Labute approximate surface area is 183 Å². The van der Waals surface area contributed by atoms with Crippen molar-refractivity contribution in [3.63, 3.8) is 0 Å². The summed E-state index contributed by atoms with van der Waals surface area (Å²) in [7, 11) is -3.68. The molecule has 3 heterocycles. The lowest BCUT2D eigenvalue weighted by atomic mass is 10.2. The van der Waals surface area contributed by atoms with Crippen LogP contribution in [0.25, 0.3) is 10.8 Å². The molecule has 0 unspecified atom stereocenters. The van der Waals surface area contributed by atoms with Gasteiger partial charge in [-0.2, -0.15) is 4.31 Å². The van der Waals surface area contributed by atoms with Gasteiger partial charge >= 0.3 is 5.97 Å². The second-order valence-electron chi connectivity index (χ2n) is 6.80. The van der Waals surface area contributed by atoms with Gasteiger partial charge in [0.05, 0.1) is 20.4 Å². The Morgan fingerprint density at radius 1 is 1.23 bits per heavy atom. The number of hydrogen-bond acceptors (Lipinski definition) is 7. The average Bonchev–Trinajstić information content (AvgIpc) is 3.45. The second kappa shape index (κ2) is 8.89. The zero-order valence-corrected chi connectivity index (χ0v) is 18.3. The van der Waals surface area contributed by atoms with Crippen molar-refractivity contribution in [2.75, 3.05) is 13.1 Å². The minimum atomic E-state index is -3.68. The van der Waals surface area contributed by atoms with Crippen LogP contribution in [0.5, 0.6) is 0 Å². The monoisotopic (exact) mass is 466 g/mol. The smallest absolute Gasteiger partial charge is 0.340 e. The van der Waals surface area contributed by atoms with Gasteiger partial charge in [-0.3, -0.25) is 0 Å². The first-order valence-corrected chi connectivity index (χ1v) is 12.1. The van der Waals surface area contributed by atoms with E-state index in [1.54, 1.807) is 0 Å².